The van der Waals surface area contributed by atoms with Crippen LogP contribution in [0.1, 0.15) is 21.5 Å². The second-order valence-electron chi connectivity index (χ2n) is 7.36. The molecule has 0 bridgehead atoms. The maximum absolute atomic E-state index is 12.8. The van der Waals surface area contributed by atoms with E-state index in [0.717, 1.165) is 22.4 Å². The molecule has 0 atom stereocenters. The van der Waals surface area contributed by atoms with Gasteiger partial charge in [0.05, 0.1) is 12.8 Å². The lowest BCUT2D eigenvalue weighted by atomic mass is 10.1. The van der Waals surface area contributed by atoms with Gasteiger partial charge in [-0.25, -0.2) is 4.98 Å². The Morgan fingerprint density at radius 3 is 2.72 bits per heavy atom. The first-order chi connectivity index (χ1) is 15.5. The van der Waals surface area contributed by atoms with Crippen LogP contribution in [0.4, 0.5) is 0 Å². The van der Waals surface area contributed by atoms with E-state index in [1.54, 1.807) is 37.7 Å². The van der Waals surface area contributed by atoms with Gasteiger partial charge in [0.1, 0.15) is 11.5 Å². The van der Waals surface area contributed by atoms with Crippen LogP contribution in [0.25, 0.3) is 11.3 Å². The predicted molar refractivity (Wildman–Crippen MR) is 122 cm³/mol. The van der Waals surface area contributed by atoms with Gasteiger partial charge in [-0.1, -0.05) is 12.1 Å². The molecule has 0 fully saturated rings. The second-order valence-corrected chi connectivity index (χ2v) is 7.36. The van der Waals surface area contributed by atoms with Gasteiger partial charge in [0, 0.05) is 67.2 Å². The summed E-state index contributed by atoms with van der Waals surface area (Å²) in [6.07, 6.45) is 7.37. The predicted octanol–water partition coefficient (Wildman–Crippen LogP) is 4.52. The fourth-order valence-corrected chi connectivity index (χ4v) is 3.30. The van der Waals surface area contributed by atoms with Crippen molar-refractivity contribution in [3.05, 3.63) is 90.0 Å². The van der Waals surface area contributed by atoms with Gasteiger partial charge in [-0.15, -0.1) is 0 Å². The zero-order valence-corrected chi connectivity index (χ0v) is 18.2. The van der Waals surface area contributed by atoms with E-state index in [1.165, 1.54) is 0 Å². The van der Waals surface area contributed by atoms with Crippen LogP contribution < -0.4 is 14.8 Å². The van der Waals surface area contributed by atoms with Crippen molar-refractivity contribution >= 4 is 5.91 Å². The third-order valence-electron chi connectivity index (χ3n) is 5.08. The molecule has 3 heterocycles. The maximum atomic E-state index is 12.8. The van der Waals surface area contributed by atoms with E-state index in [2.05, 4.69) is 15.3 Å². The third kappa shape index (κ3) is 4.78. The highest BCUT2D eigenvalue weighted by Gasteiger charge is 2.14. The van der Waals surface area contributed by atoms with Crippen molar-refractivity contribution in [2.45, 2.75) is 13.5 Å². The summed E-state index contributed by atoms with van der Waals surface area (Å²) in [7, 11) is 3.53. The lowest BCUT2D eigenvalue weighted by Gasteiger charge is -2.13. The molecule has 7 nitrogen and oxygen atoms in total. The fraction of sp³-hybridized carbons (Fsp3) is 0.160. The summed E-state index contributed by atoms with van der Waals surface area (Å²) in [6.45, 7) is 2.24. The van der Waals surface area contributed by atoms with E-state index in [9.17, 15) is 4.79 Å². The number of hydrogen-bond donors (Lipinski definition) is 1. The van der Waals surface area contributed by atoms with Gasteiger partial charge in [0.25, 0.3) is 5.91 Å². The SMILES string of the molecule is COc1ccc(CNC(=O)c2cccc(Oc3ccnc(-c4ccn(C)c4)c3)c2C)cn1. The number of carbonyl (C=O) groups is 1. The summed E-state index contributed by atoms with van der Waals surface area (Å²) in [5, 5.41) is 2.93. The molecule has 0 aliphatic carbocycles. The molecule has 0 spiro atoms. The lowest BCUT2D eigenvalue weighted by Crippen LogP contribution is -2.23. The van der Waals surface area contributed by atoms with Crippen molar-refractivity contribution in [1.82, 2.24) is 19.9 Å². The quantitative estimate of drug-likeness (QED) is 0.468. The smallest absolute Gasteiger partial charge is 0.251 e. The van der Waals surface area contributed by atoms with Crippen molar-refractivity contribution in [2.75, 3.05) is 7.11 Å². The van der Waals surface area contributed by atoms with Crippen LogP contribution in [0.2, 0.25) is 0 Å². The van der Waals surface area contributed by atoms with Crippen molar-refractivity contribution in [3.63, 3.8) is 0 Å². The standard InChI is InChI=1S/C25H24N4O3/c1-17-21(25(30)28-15-18-7-8-24(31-3)27-14-18)5-4-6-23(17)32-20-9-11-26-22(13-20)19-10-12-29(2)16-19/h4-14,16H,15H2,1-3H3,(H,28,30). The fourth-order valence-electron chi connectivity index (χ4n) is 3.30. The van der Waals surface area contributed by atoms with Crippen LogP contribution in [0, 0.1) is 6.92 Å². The highest BCUT2D eigenvalue weighted by atomic mass is 16.5. The van der Waals surface area contributed by atoms with Crippen LogP contribution in [-0.4, -0.2) is 27.6 Å². The monoisotopic (exact) mass is 428 g/mol. The zero-order valence-electron chi connectivity index (χ0n) is 18.2. The van der Waals surface area contributed by atoms with Gasteiger partial charge in [-0.3, -0.25) is 9.78 Å². The van der Waals surface area contributed by atoms with Crippen LogP contribution in [0.5, 0.6) is 17.4 Å². The molecular formula is C25H24N4O3. The number of aromatic nitrogens is 3. The average molecular weight is 428 g/mol. The zero-order chi connectivity index (χ0) is 22.5. The minimum absolute atomic E-state index is 0.177. The number of aryl methyl sites for hydroxylation is 1. The second kappa shape index (κ2) is 9.34. The highest BCUT2D eigenvalue weighted by Crippen LogP contribution is 2.29. The Bertz CT molecular complexity index is 1230. The topological polar surface area (TPSA) is 78.3 Å². The van der Waals surface area contributed by atoms with Crippen LogP contribution >= 0.6 is 0 Å². The molecule has 0 aliphatic heterocycles. The Morgan fingerprint density at radius 1 is 1.12 bits per heavy atom. The first kappa shape index (κ1) is 21.1. The van der Waals surface area contributed by atoms with Crippen LogP contribution in [0.15, 0.2) is 73.3 Å². The van der Waals surface area contributed by atoms with Gasteiger partial charge in [0.2, 0.25) is 5.88 Å². The number of amides is 1. The summed E-state index contributed by atoms with van der Waals surface area (Å²) in [6, 6.07) is 14.8. The van der Waals surface area contributed by atoms with Crippen molar-refractivity contribution in [2.24, 2.45) is 7.05 Å². The summed E-state index contributed by atoms with van der Waals surface area (Å²) >= 11 is 0. The number of hydrogen-bond acceptors (Lipinski definition) is 5. The van der Waals surface area contributed by atoms with Gasteiger partial charge in [0.15, 0.2) is 0 Å². The number of rotatable bonds is 7. The van der Waals surface area contributed by atoms with E-state index < -0.39 is 0 Å². The Labute approximate surface area is 186 Å². The van der Waals surface area contributed by atoms with Crippen LogP contribution in [-0.2, 0) is 13.6 Å². The number of benzene rings is 1. The number of carbonyl (C=O) groups excluding carboxylic acids is 1. The molecule has 1 N–H and O–H groups in total. The number of nitrogens with zero attached hydrogens (tertiary/aromatic N) is 3. The average Bonchev–Trinajstić information content (AvgIpc) is 3.26. The first-order valence-electron chi connectivity index (χ1n) is 10.2. The van der Waals surface area contributed by atoms with Crippen molar-refractivity contribution in [1.29, 1.82) is 0 Å². The van der Waals surface area contributed by atoms with Gasteiger partial charge in [-0.2, -0.15) is 0 Å². The number of nitrogens with one attached hydrogen (secondary N) is 1. The van der Waals surface area contributed by atoms with E-state index in [-0.39, 0.29) is 5.91 Å². The molecule has 1 amide bonds. The molecule has 32 heavy (non-hydrogen) atoms. The summed E-state index contributed by atoms with van der Waals surface area (Å²) in [5.74, 6) is 1.63. The van der Waals surface area contributed by atoms with Gasteiger partial charge in [-0.05, 0) is 36.8 Å². The summed E-state index contributed by atoms with van der Waals surface area (Å²) < 4.78 is 13.1. The molecule has 0 saturated heterocycles. The van der Waals surface area contributed by atoms with E-state index in [4.69, 9.17) is 9.47 Å². The molecule has 162 valence electrons. The number of pyridine rings is 2. The first-order valence-corrected chi connectivity index (χ1v) is 10.2. The Balaban J connectivity index is 1.48. The Morgan fingerprint density at radius 2 is 2.00 bits per heavy atom. The normalized spacial score (nSPS) is 10.6. The molecule has 1 aromatic carbocycles. The van der Waals surface area contributed by atoms with Crippen molar-refractivity contribution in [3.8, 4) is 28.6 Å². The molecule has 4 rings (SSSR count). The molecule has 0 aliphatic rings. The molecule has 3 aromatic heterocycles. The van der Waals surface area contributed by atoms with Crippen molar-refractivity contribution < 1.29 is 14.3 Å². The molecule has 4 aromatic rings. The number of ether oxygens (including phenoxy) is 2. The summed E-state index contributed by atoms with van der Waals surface area (Å²) in [4.78, 5) is 21.4. The maximum Gasteiger partial charge on any atom is 0.251 e. The van der Waals surface area contributed by atoms with Crippen LogP contribution in [0.3, 0.4) is 0 Å². The number of methoxy groups -OCH3 is 1. The van der Waals surface area contributed by atoms with E-state index in [0.29, 0.717) is 29.5 Å². The molecule has 0 saturated carbocycles. The van der Waals surface area contributed by atoms with Gasteiger partial charge >= 0.3 is 0 Å². The largest absolute Gasteiger partial charge is 0.481 e. The Kier molecular flexibility index (Phi) is 6.17. The van der Waals surface area contributed by atoms with Gasteiger partial charge < -0.3 is 19.4 Å². The molecule has 0 radical (unpaired) electrons. The minimum Gasteiger partial charge on any atom is -0.481 e. The summed E-state index contributed by atoms with van der Waals surface area (Å²) in [5.41, 5.74) is 4.03. The Hall–Kier alpha value is -4.13. The van der Waals surface area contributed by atoms with E-state index >= 15 is 0 Å². The molecular weight excluding hydrogens is 404 g/mol. The highest BCUT2D eigenvalue weighted by molar-refractivity contribution is 5.96. The molecule has 7 heteroatoms. The van der Waals surface area contributed by atoms with E-state index in [1.807, 2.05) is 61.3 Å². The molecule has 0 unspecified atom stereocenters. The minimum atomic E-state index is -0.177. The third-order valence-corrected chi connectivity index (χ3v) is 5.08. The lowest BCUT2D eigenvalue weighted by molar-refractivity contribution is 0.0950.